The van der Waals surface area contributed by atoms with E-state index in [0.717, 1.165) is 6.07 Å². The van der Waals surface area contributed by atoms with E-state index in [2.05, 4.69) is 4.72 Å². The van der Waals surface area contributed by atoms with Crippen LogP contribution in [0.15, 0.2) is 48.5 Å². The maximum absolute atomic E-state index is 13.4. The Morgan fingerprint density at radius 2 is 1.79 bits per heavy atom. The molecule has 0 radical (unpaired) electrons. The molecule has 2 rings (SSSR count). The van der Waals surface area contributed by atoms with Crippen LogP contribution in [0.3, 0.4) is 0 Å². The normalized spacial score (nSPS) is 11.2. The molecule has 0 aromatic heterocycles. The molecule has 0 aliphatic rings. The molecule has 0 bridgehead atoms. The Hall–Kier alpha value is -2.08. The smallest absolute Gasteiger partial charge is 0.237 e. The molecule has 19 heavy (non-hydrogen) atoms. The van der Waals surface area contributed by atoms with Crippen molar-refractivity contribution in [3.63, 3.8) is 0 Å². The second kappa shape index (κ2) is 5.27. The molecule has 0 saturated heterocycles. The summed E-state index contributed by atoms with van der Waals surface area (Å²) in [7, 11) is -3.69. The van der Waals surface area contributed by atoms with E-state index in [1.54, 1.807) is 30.3 Å². The second-order valence-electron chi connectivity index (χ2n) is 4.01. The van der Waals surface area contributed by atoms with Gasteiger partial charge in [0.2, 0.25) is 10.0 Å². The first kappa shape index (κ1) is 13.4. The molecule has 2 N–H and O–H groups in total. The average Bonchev–Trinajstić information content (AvgIpc) is 2.33. The van der Waals surface area contributed by atoms with Crippen LogP contribution in [-0.4, -0.2) is 13.5 Å². The summed E-state index contributed by atoms with van der Waals surface area (Å²) in [6, 6.07) is 11.8. The lowest BCUT2D eigenvalue weighted by atomic mass is 10.2. The Morgan fingerprint density at radius 3 is 2.42 bits per heavy atom. The van der Waals surface area contributed by atoms with Crippen LogP contribution >= 0.6 is 0 Å². The molecule has 0 atom stereocenters. The number of phenols is 1. The molecule has 0 spiro atoms. The predicted molar refractivity (Wildman–Crippen MR) is 70.8 cm³/mol. The zero-order chi connectivity index (χ0) is 13.9. The first-order valence-electron chi connectivity index (χ1n) is 5.49. The van der Waals surface area contributed by atoms with Gasteiger partial charge in [-0.2, -0.15) is 0 Å². The van der Waals surface area contributed by atoms with E-state index in [1.807, 2.05) is 0 Å². The van der Waals surface area contributed by atoms with Crippen LogP contribution < -0.4 is 4.72 Å². The molecule has 6 heteroatoms. The number of sulfonamides is 1. The van der Waals surface area contributed by atoms with Crippen molar-refractivity contribution in [3.05, 3.63) is 59.9 Å². The molecule has 2 aromatic rings. The van der Waals surface area contributed by atoms with Crippen LogP contribution in [0.25, 0.3) is 0 Å². The number of aromatic hydroxyl groups is 1. The van der Waals surface area contributed by atoms with Crippen LogP contribution in [0.5, 0.6) is 5.75 Å². The summed E-state index contributed by atoms with van der Waals surface area (Å²) in [5.74, 6) is -1.33. The molecule has 0 aliphatic carbocycles. The fourth-order valence-corrected chi connectivity index (χ4v) is 2.79. The van der Waals surface area contributed by atoms with Crippen molar-refractivity contribution in [2.75, 3.05) is 4.72 Å². The van der Waals surface area contributed by atoms with Gasteiger partial charge in [-0.1, -0.05) is 30.3 Å². The van der Waals surface area contributed by atoms with Gasteiger partial charge in [0.15, 0.2) is 5.82 Å². The van der Waals surface area contributed by atoms with Crippen LogP contribution in [0.1, 0.15) is 5.56 Å². The third-order valence-corrected chi connectivity index (χ3v) is 3.66. The van der Waals surface area contributed by atoms with Crippen molar-refractivity contribution >= 4 is 15.7 Å². The minimum atomic E-state index is -3.69. The largest absolute Gasteiger partial charge is 0.508 e. The van der Waals surface area contributed by atoms with Crippen LogP contribution in [0, 0.1) is 5.82 Å². The predicted octanol–water partition coefficient (Wildman–Crippen LogP) is 2.47. The van der Waals surface area contributed by atoms with Gasteiger partial charge < -0.3 is 5.11 Å². The van der Waals surface area contributed by atoms with Crippen molar-refractivity contribution < 1.29 is 17.9 Å². The third-order valence-electron chi connectivity index (χ3n) is 2.42. The average molecular weight is 281 g/mol. The number of benzene rings is 2. The SMILES string of the molecule is O=S(=O)(Cc1ccccc1)Nc1ccc(O)cc1F. The van der Waals surface area contributed by atoms with Crippen LogP contribution in [0.2, 0.25) is 0 Å². The van der Waals surface area contributed by atoms with E-state index in [1.165, 1.54) is 12.1 Å². The van der Waals surface area contributed by atoms with E-state index in [9.17, 15) is 12.8 Å². The molecular weight excluding hydrogens is 269 g/mol. The highest BCUT2D eigenvalue weighted by atomic mass is 32.2. The maximum atomic E-state index is 13.4. The standard InChI is InChI=1S/C13H12FNO3S/c14-12-8-11(16)6-7-13(12)15-19(17,18)9-10-4-2-1-3-5-10/h1-8,15-16H,9H2. The highest BCUT2D eigenvalue weighted by Gasteiger charge is 2.14. The second-order valence-corrected chi connectivity index (χ2v) is 5.73. The number of anilines is 1. The van der Waals surface area contributed by atoms with E-state index in [-0.39, 0.29) is 17.2 Å². The highest BCUT2D eigenvalue weighted by molar-refractivity contribution is 7.91. The zero-order valence-electron chi connectivity index (χ0n) is 9.88. The highest BCUT2D eigenvalue weighted by Crippen LogP contribution is 2.21. The Bertz CT molecular complexity index is 672. The number of halogens is 1. The molecule has 0 aliphatic heterocycles. The summed E-state index contributed by atoms with van der Waals surface area (Å²) in [6.45, 7) is 0. The fourth-order valence-electron chi connectivity index (χ4n) is 1.58. The monoisotopic (exact) mass is 281 g/mol. The van der Waals surface area contributed by atoms with Crippen molar-refractivity contribution in [1.82, 2.24) is 0 Å². The number of phenolic OH excluding ortho intramolecular Hbond substituents is 1. The van der Waals surface area contributed by atoms with Crippen LogP contribution in [0.4, 0.5) is 10.1 Å². The van der Waals surface area contributed by atoms with Crippen molar-refractivity contribution in [3.8, 4) is 5.75 Å². The van der Waals surface area contributed by atoms with Gasteiger partial charge in [0.1, 0.15) is 5.75 Å². The fraction of sp³-hybridized carbons (Fsp3) is 0.0769. The van der Waals surface area contributed by atoms with Crippen molar-refractivity contribution in [1.29, 1.82) is 0 Å². The summed E-state index contributed by atoms with van der Waals surface area (Å²) in [6.07, 6.45) is 0. The number of hydrogen-bond donors (Lipinski definition) is 2. The third kappa shape index (κ3) is 3.69. The molecule has 0 fully saturated rings. The van der Waals surface area contributed by atoms with Gasteiger partial charge >= 0.3 is 0 Å². The number of hydrogen-bond acceptors (Lipinski definition) is 3. The van der Waals surface area contributed by atoms with Crippen molar-refractivity contribution in [2.45, 2.75) is 5.75 Å². The Balaban J connectivity index is 2.17. The Morgan fingerprint density at radius 1 is 1.11 bits per heavy atom. The lowest BCUT2D eigenvalue weighted by molar-refractivity contribution is 0.469. The van der Waals surface area contributed by atoms with E-state index in [0.29, 0.717) is 5.56 Å². The summed E-state index contributed by atoms with van der Waals surface area (Å²) >= 11 is 0. The molecule has 0 unspecified atom stereocenters. The molecule has 4 nitrogen and oxygen atoms in total. The molecule has 0 heterocycles. The summed E-state index contributed by atoms with van der Waals surface area (Å²) in [4.78, 5) is 0. The van der Waals surface area contributed by atoms with Gasteiger partial charge in [-0.05, 0) is 17.7 Å². The molecule has 0 saturated carbocycles. The van der Waals surface area contributed by atoms with Gasteiger partial charge in [-0.15, -0.1) is 0 Å². The van der Waals surface area contributed by atoms with Crippen molar-refractivity contribution in [2.24, 2.45) is 0 Å². The lowest BCUT2D eigenvalue weighted by Crippen LogP contribution is -2.15. The molecule has 0 amide bonds. The lowest BCUT2D eigenvalue weighted by Gasteiger charge is -2.09. The van der Waals surface area contributed by atoms with E-state index in [4.69, 9.17) is 5.11 Å². The molecule has 100 valence electrons. The van der Waals surface area contributed by atoms with E-state index < -0.39 is 15.8 Å². The van der Waals surface area contributed by atoms with Gasteiger partial charge in [0, 0.05) is 6.07 Å². The zero-order valence-corrected chi connectivity index (χ0v) is 10.7. The summed E-state index contributed by atoms with van der Waals surface area (Å²) in [5.41, 5.74) is 0.419. The minimum absolute atomic E-state index is 0.186. The quantitative estimate of drug-likeness (QED) is 0.846. The first-order chi connectivity index (χ1) is 8.96. The van der Waals surface area contributed by atoms with Gasteiger partial charge in [0.25, 0.3) is 0 Å². The maximum Gasteiger partial charge on any atom is 0.237 e. The number of nitrogens with one attached hydrogen (secondary N) is 1. The number of rotatable bonds is 4. The van der Waals surface area contributed by atoms with E-state index >= 15 is 0 Å². The Kier molecular flexibility index (Phi) is 3.71. The first-order valence-corrected chi connectivity index (χ1v) is 7.14. The van der Waals surface area contributed by atoms with Gasteiger partial charge in [0.05, 0.1) is 11.4 Å². The summed E-state index contributed by atoms with van der Waals surface area (Å²) < 4.78 is 39.3. The topological polar surface area (TPSA) is 66.4 Å². The minimum Gasteiger partial charge on any atom is -0.508 e. The van der Waals surface area contributed by atoms with Gasteiger partial charge in [-0.25, -0.2) is 12.8 Å². The summed E-state index contributed by atoms with van der Waals surface area (Å²) in [5, 5.41) is 9.05. The van der Waals surface area contributed by atoms with Gasteiger partial charge in [-0.3, -0.25) is 4.72 Å². The van der Waals surface area contributed by atoms with Crippen LogP contribution in [-0.2, 0) is 15.8 Å². The molecule has 2 aromatic carbocycles. The molecular formula is C13H12FNO3S. The Labute approximate surface area is 110 Å².